The average molecular weight is 440 g/mol. The van der Waals surface area contributed by atoms with Gasteiger partial charge in [0.15, 0.2) is 5.65 Å². The topological polar surface area (TPSA) is 86.3 Å². The predicted octanol–water partition coefficient (Wildman–Crippen LogP) is 4.10. The number of amides is 1. The summed E-state index contributed by atoms with van der Waals surface area (Å²) in [6, 6.07) is 8.90. The van der Waals surface area contributed by atoms with Crippen molar-refractivity contribution in [3.8, 4) is 5.75 Å². The number of benzene rings is 1. The first-order chi connectivity index (χ1) is 15.3. The summed E-state index contributed by atoms with van der Waals surface area (Å²) < 4.78 is 34.8. The Morgan fingerprint density at radius 3 is 2.72 bits per heavy atom. The number of aromatic nitrogens is 5. The van der Waals surface area contributed by atoms with Gasteiger partial charge in [0.25, 0.3) is 12.3 Å². The summed E-state index contributed by atoms with van der Waals surface area (Å²) in [5.74, 6) is 0.252. The molecule has 1 aromatic carbocycles. The van der Waals surface area contributed by atoms with E-state index in [2.05, 4.69) is 20.5 Å². The Morgan fingerprint density at radius 2 is 2.00 bits per heavy atom. The van der Waals surface area contributed by atoms with Crippen LogP contribution in [-0.4, -0.2) is 37.4 Å². The van der Waals surface area contributed by atoms with Crippen molar-refractivity contribution >= 4 is 17.2 Å². The molecule has 0 saturated carbocycles. The Labute approximate surface area is 182 Å². The van der Waals surface area contributed by atoms with E-state index in [0.29, 0.717) is 23.6 Å². The van der Waals surface area contributed by atoms with Gasteiger partial charge in [-0.1, -0.05) is 12.1 Å². The van der Waals surface area contributed by atoms with Crippen LogP contribution in [0.4, 0.5) is 14.5 Å². The van der Waals surface area contributed by atoms with Crippen molar-refractivity contribution in [2.75, 3.05) is 12.4 Å². The number of aryl methyl sites for hydroxylation is 2. The summed E-state index contributed by atoms with van der Waals surface area (Å²) in [4.78, 5) is 17.2. The average Bonchev–Trinajstić information content (AvgIpc) is 3.29. The van der Waals surface area contributed by atoms with E-state index in [0.717, 1.165) is 21.5 Å². The summed E-state index contributed by atoms with van der Waals surface area (Å²) in [6.45, 7) is 5.73. The number of nitrogens with zero attached hydrogens (tertiary/aromatic N) is 5. The zero-order valence-electron chi connectivity index (χ0n) is 18.1. The van der Waals surface area contributed by atoms with Crippen molar-refractivity contribution in [1.82, 2.24) is 24.4 Å². The van der Waals surface area contributed by atoms with Crippen molar-refractivity contribution in [3.05, 3.63) is 70.4 Å². The molecule has 0 fully saturated rings. The highest BCUT2D eigenvalue weighted by Crippen LogP contribution is 2.25. The lowest BCUT2D eigenvalue weighted by molar-refractivity contribution is 0.102. The van der Waals surface area contributed by atoms with Crippen molar-refractivity contribution in [3.63, 3.8) is 0 Å². The molecule has 0 aliphatic rings. The third-order valence-electron chi connectivity index (χ3n) is 5.18. The number of carbonyl (C=O) groups is 1. The largest absolute Gasteiger partial charge is 0.497 e. The van der Waals surface area contributed by atoms with Gasteiger partial charge in [0.2, 0.25) is 0 Å². The molecule has 0 unspecified atom stereocenters. The second kappa shape index (κ2) is 8.37. The Hall–Kier alpha value is -3.82. The van der Waals surface area contributed by atoms with Crippen LogP contribution in [0, 0.1) is 20.8 Å². The van der Waals surface area contributed by atoms with E-state index in [9.17, 15) is 13.6 Å². The number of anilines is 1. The summed E-state index contributed by atoms with van der Waals surface area (Å²) in [5.41, 5.74) is 3.19. The van der Waals surface area contributed by atoms with E-state index in [1.54, 1.807) is 25.6 Å². The number of carbonyl (C=O) groups excluding carboxylic acids is 1. The smallest absolute Gasteiger partial charge is 0.280 e. The number of hydrogen-bond donors (Lipinski definition) is 1. The highest BCUT2D eigenvalue weighted by atomic mass is 19.3. The van der Waals surface area contributed by atoms with E-state index in [4.69, 9.17) is 4.74 Å². The SMILES string of the molecule is COc1cccc(Cn2nc(C)c(NC(=O)c3cnn4c(C(F)F)cc(C)nc34)c2C)c1. The monoisotopic (exact) mass is 440 g/mol. The van der Waals surface area contributed by atoms with Gasteiger partial charge in [0.1, 0.15) is 17.0 Å². The molecule has 4 rings (SSSR count). The maximum absolute atomic E-state index is 13.4. The van der Waals surface area contributed by atoms with Gasteiger partial charge in [-0.2, -0.15) is 10.2 Å². The third-order valence-corrected chi connectivity index (χ3v) is 5.18. The lowest BCUT2D eigenvalue weighted by Crippen LogP contribution is -2.14. The maximum Gasteiger partial charge on any atom is 0.280 e. The maximum atomic E-state index is 13.4. The van der Waals surface area contributed by atoms with Crippen molar-refractivity contribution in [2.45, 2.75) is 33.7 Å². The van der Waals surface area contributed by atoms with Crippen LogP contribution >= 0.6 is 0 Å². The van der Waals surface area contributed by atoms with E-state index in [1.165, 1.54) is 12.3 Å². The van der Waals surface area contributed by atoms with Crippen LogP contribution in [0.15, 0.2) is 36.5 Å². The van der Waals surface area contributed by atoms with Gasteiger partial charge >= 0.3 is 0 Å². The minimum Gasteiger partial charge on any atom is -0.497 e. The zero-order valence-corrected chi connectivity index (χ0v) is 18.1. The standard InChI is InChI=1S/C22H22F2N6O2/c1-12-8-18(20(23)24)30-21(26-12)17(10-25-30)22(31)27-19-13(2)28-29(14(19)3)11-15-6-5-7-16(9-15)32-4/h5-10,20H,11H2,1-4H3,(H,27,31). The lowest BCUT2D eigenvalue weighted by atomic mass is 10.2. The van der Waals surface area contributed by atoms with Gasteiger partial charge in [0.05, 0.1) is 36.9 Å². The molecule has 0 atom stereocenters. The van der Waals surface area contributed by atoms with Gasteiger partial charge in [0, 0.05) is 5.69 Å². The fourth-order valence-electron chi connectivity index (χ4n) is 3.58. The Bertz CT molecular complexity index is 1310. The van der Waals surface area contributed by atoms with Crippen molar-refractivity contribution in [1.29, 1.82) is 0 Å². The molecule has 166 valence electrons. The number of alkyl halides is 2. The summed E-state index contributed by atoms with van der Waals surface area (Å²) >= 11 is 0. The molecule has 1 amide bonds. The van der Waals surface area contributed by atoms with Crippen molar-refractivity contribution < 1.29 is 18.3 Å². The molecule has 10 heteroatoms. The highest BCUT2D eigenvalue weighted by molar-refractivity contribution is 6.08. The van der Waals surface area contributed by atoms with E-state index >= 15 is 0 Å². The van der Waals surface area contributed by atoms with E-state index in [1.807, 2.05) is 31.2 Å². The van der Waals surface area contributed by atoms with Gasteiger partial charge in [-0.05, 0) is 44.5 Å². The van der Waals surface area contributed by atoms with Gasteiger partial charge < -0.3 is 10.1 Å². The van der Waals surface area contributed by atoms with Crippen LogP contribution in [0.3, 0.4) is 0 Å². The number of nitrogens with one attached hydrogen (secondary N) is 1. The number of methoxy groups -OCH3 is 1. The Balaban J connectivity index is 1.63. The molecule has 0 aliphatic heterocycles. The second-order valence-electron chi connectivity index (χ2n) is 7.43. The van der Waals surface area contributed by atoms with E-state index in [-0.39, 0.29) is 16.9 Å². The molecule has 3 aromatic heterocycles. The van der Waals surface area contributed by atoms with Crippen LogP contribution in [0.2, 0.25) is 0 Å². The number of rotatable bonds is 6. The van der Waals surface area contributed by atoms with Crippen LogP contribution in [0.25, 0.3) is 5.65 Å². The van der Waals surface area contributed by atoms with Gasteiger partial charge in [-0.25, -0.2) is 18.3 Å². The zero-order chi connectivity index (χ0) is 23.0. The molecule has 0 bridgehead atoms. The van der Waals surface area contributed by atoms with Crippen LogP contribution in [0.1, 0.15) is 45.1 Å². The first kappa shape index (κ1) is 21.4. The Morgan fingerprint density at radius 1 is 1.22 bits per heavy atom. The minimum absolute atomic E-state index is 0.0804. The number of halogens is 2. The summed E-state index contributed by atoms with van der Waals surface area (Å²) in [6.07, 6.45) is -1.50. The molecule has 0 spiro atoms. The van der Waals surface area contributed by atoms with Crippen LogP contribution < -0.4 is 10.1 Å². The highest BCUT2D eigenvalue weighted by Gasteiger charge is 2.22. The molecule has 8 nitrogen and oxygen atoms in total. The van der Waals surface area contributed by atoms with Crippen LogP contribution in [0.5, 0.6) is 5.75 Å². The Kier molecular flexibility index (Phi) is 5.60. The molecule has 0 saturated heterocycles. The van der Waals surface area contributed by atoms with Gasteiger partial charge in [-0.3, -0.25) is 9.48 Å². The fourth-order valence-corrected chi connectivity index (χ4v) is 3.58. The molecule has 0 aliphatic carbocycles. The van der Waals surface area contributed by atoms with Crippen molar-refractivity contribution in [2.24, 2.45) is 0 Å². The third kappa shape index (κ3) is 3.91. The summed E-state index contributed by atoms with van der Waals surface area (Å²) in [7, 11) is 1.61. The first-order valence-electron chi connectivity index (χ1n) is 9.90. The minimum atomic E-state index is -2.74. The molecule has 4 aromatic rings. The molecular formula is C22H22F2N6O2. The second-order valence-corrected chi connectivity index (χ2v) is 7.43. The number of ether oxygens (including phenoxy) is 1. The normalized spacial score (nSPS) is 11.3. The molecule has 3 heterocycles. The predicted molar refractivity (Wildman–Crippen MR) is 114 cm³/mol. The van der Waals surface area contributed by atoms with Crippen LogP contribution in [-0.2, 0) is 6.54 Å². The molecular weight excluding hydrogens is 418 g/mol. The number of fused-ring (bicyclic) bond motifs is 1. The first-order valence-corrected chi connectivity index (χ1v) is 9.90. The molecule has 1 N–H and O–H groups in total. The summed E-state index contributed by atoms with van der Waals surface area (Å²) in [5, 5.41) is 11.3. The van der Waals surface area contributed by atoms with E-state index < -0.39 is 12.3 Å². The van der Waals surface area contributed by atoms with Gasteiger partial charge in [-0.15, -0.1) is 0 Å². The lowest BCUT2D eigenvalue weighted by Gasteiger charge is -2.08. The molecule has 0 radical (unpaired) electrons. The fraction of sp³-hybridized carbons (Fsp3) is 0.273. The number of hydrogen-bond acceptors (Lipinski definition) is 5. The molecule has 32 heavy (non-hydrogen) atoms. The quantitative estimate of drug-likeness (QED) is 0.488.